The van der Waals surface area contributed by atoms with Gasteiger partial charge in [0, 0.05) is 12.5 Å². The number of aromatic amines is 1. The summed E-state index contributed by atoms with van der Waals surface area (Å²) in [7, 11) is 0. The molecule has 1 aromatic heterocycles. The van der Waals surface area contributed by atoms with Crippen LogP contribution in [0.1, 0.15) is 50.3 Å². The number of hydrogen-bond acceptors (Lipinski definition) is 2. The van der Waals surface area contributed by atoms with Gasteiger partial charge in [0.2, 0.25) is 0 Å². The van der Waals surface area contributed by atoms with Gasteiger partial charge in [-0.1, -0.05) is 12.8 Å². The standard InChI is InChI=1S/C11H17N3S/c15-11-13-12-10(9-5-6-9)14(11)7-1-2-8-3-4-8/h8-9H,1-7H2,(H,13,15). The van der Waals surface area contributed by atoms with E-state index in [9.17, 15) is 0 Å². The molecule has 82 valence electrons. The minimum atomic E-state index is 0.693. The first-order valence-electron chi connectivity index (χ1n) is 5.99. The predicted octanol–water partition coefficient (Wildman–Crippen LogP) is 3.01. The minimum Gasteiger partial charge on any atom is -0.304 e. The molecule has 0 saturated heterocycles. The number of rotatable bonds is 5. The Morgan fingerprint density at radius 1 is 1.33 bits per heavy atom. The van der Waals surface area contributed by atoms with Gasteiger partial charge in [-0.2, -0.15) is 5.10 Å². The molecule has 15 heavy (non-hydrogen) atoms. The van der Waals surface area contributed by atoms with Gasteiger partial charge in [0.15, 0.2) is 4.77 Å². The minimum absolute atomic E-state index is 0.693. The number of nitrogens with one attached hydrogen (secondary N) is 1. The van der Waals surface area contributed by atoms with E-state index in [0.717, 1.165) is 17.2 Å². The first-order valence-corrected chi connectivity index (χ1v) is 6.40. The van der Waals surface area contributed by atoms with Gasteiger partial charge in [-0.3, -0.25) is 5.10 Å². The molecule has 0 radical (unpaired) electrons. The zero-order valence-electron chi connectivity index (χ0n) is 8.91. The quantitative estimate of drug-likeness (QED) is 0.778. The van der Waals surface area contributed by atoms with E-state index in [1.165, 1.54) is 44.3 Å². The van der Waals surface area contributed by atoms with Crippen LogP contribution in [0.25, 0.3) is 0 Å². The smallest absolute Gasteiger partial charge is 0.195 e. The zero-order valence-corrected chi connectivity index (χ0v) is 9.72. The van der Waals surface area contributed by atoms with E-state index < -0.39 is 0 Å². The summed E-state index contributed by atoms with van der Waals surface area (Å²) in [6, 6.07) is 0. The molecule has 1 heterocycles. The van der Waals surface area contributed by atoms with Gasteiger partial charge in [-0.15, -0.1) is 0 Å². The normalized spacial score (nSPS) is 20.8. The molecule has 0 unspecified atom stereocenters. The van der Waals surface area contributed by atoms with Crippen molar-refractivity contribution in [2.45, 2.75) is 51.0 Å². The van der Waals surface area contributed by atoms with Crippen LogP contribution in [0.2, 0.25) is 0 Å². The number of nitrogens with zero attached hydrogens (tertiary/aromatic N) is 2. The third-order valence-electron chi connectivity index (χ3n) is 3.42. The molecule has 2 fully saturated rings. The fourth-order valence-electron chi connectivity index (χ4n) is 2.14. The molecule has 0 bridgehead atoms. The lowest BCUT2D eigenvalue weighted by molar-refractivity contribution is 0.556. The maximum absolute atomic E-state index is 5.26. The van der Waals surface area contributed by atoms with E-state index in [-0.39, 0.29) is 0 Å². The maximum Gasteiger partial charge on any atom is 0.195 e. The number of hydrogen-bond donors (Lipinski definition) is 1. The summed E-state index contributed by atoms with van der Waals surface area (Å²) < 4.78 is 3.03. The lowest BCUT2D eigenvalue weighted by Gasteiger charge is -2.04. The van der Waals surface area contributed by atoms with Crippen molar-refractivity contribution >= 4 is 12.2 Å². The van der Waals surface area contributed by atoms with Crippen molar-refractivity contribution < 1.29 is 0 Å². The van der Waals surface area contributed by atoms with Gasteiger partial charge < -0.3 is 4.57 Å². The van der Waals surface area contributed by atoms with Crippen LogP contribution < -0.4 is 0 Å². The summed E-state index contributed by atoms with van der Waals surface area (Å²) in [5.41, 5.74) is 0. The van der Waals surface area contributed by atoms with Crippen LogP contribution in [0.15, 0.2) is 0 Å². The van der Waals surface area contributed by atoms with Crippen LogP contribution in [0.5, 0.6) is 0 Å². The Morgan fingerprint density at radius 3 is 2.80 bits per heavy atom. The second-order valence-electron chi connectivity index (χ2n) is 4.90. The summed E-state index contributed by atoms with van der Waals surface area (Å²) in [5.74, 6) is 2.92. The molecule has 2 aliphatic rings. The van der Waals surface area contributed by atoms with Crippen LogP contribution >= 0.6 is 12.2 Å². The van der Waals surface area contributed by atoms with Crippen molar-refractivity contribution in [3.63, 3.8) is 0 Å². The Kier molecular flexibility index (Phi) is 2.39. The second kappa shape index (κ2) is 3.74. The highest BCUT2D eigenvalue weighted by Crippen LogP contribution is 2.39. The first-order chi connectivity index (χ1) is 7.34. The topological polar surface area (TPSA) is 33.6 Å². The van der Waals surface area contributed by atoms with Crippen LogP contribution in [0.4, 0.5) is 0 Å². The third kappa shape index (κ3) is 2.14. The predicted molar refractivity (Wildman–Crippen MR) is 61.3 cm³/mol. The van der Waals surface area contributed by atoms with Crippen molar-refractivity contribution in [3.05, 3.63) is 10.6 Å². The average molecular weight is 223 g/mol. The largest absolute Gasteiger partial charge is 0.304 e. The van der Waals surface area contributed by atoms with E-state index >= 15 is 0 Å². The highest BCUT2D eigenvalue weighted by atomic mass is 32.1. The fraction of sp³-hybridized carbons (Fsp3) is 0.818. The van der Waals surface area contributed by atoms with Gasteiger partial charge in [0.25, 0.3) is 0 Å². The van der Waals surface area contributed by atoms with Gasteiger partial charge in [0.05, 0.1) is 0 Å². The van der Waals surface area contributed by atoms with Gasteiger partial charge in [-0.05, 0) is 43.8 Å². The molecular weight excluding hydrogens is 206 g/mol. The molecule has 4 heteroatoms. The Hall–Kier alpha value is -0.640. The monoisotopic (exact) mass is 223 g/mol. The summed E-state index contributed by atoms with van der Waals surface area (Å²) in [5, 5.41) is 7.27. The average Bonchev–Trinajstić information content (AvgIpc) is 3.10. The van der Waals surface area contributed by atoms with Crippen molar-refractivity contribution in [2.75, 3.05) is 0 Å². The molecule has 0 amide bonds. The Labute approximate surface area is 94.9 Å². The highest BCUT2D eigenvalue weighted by Gasteiger charge is 2.29. The van der Waals surface area contributed by atoms with Gasteiger partial charge in [-0.25, -0.2) is 0 Å². The van der Waals surface area contributed by atoms with Crippen molar-refractivity contribution in [1.29, 1.82) is 0 Å². The van der Waals surface area contributed by atoms with E-state index in [4.69, 9.17) is 12.2 Å². The molecule has 0 atom stereocenters. The Balaban J connectivity index is 1.65. The van der Waals surface area contributed by atoms with E-state index in [1.54, 1.807) is 0 Å². The molecule has 1 aromatic rings. The fourth-order valence-corrected chi connectivity index (χ4v) is 2.37. The molecule has 1 N–H and O–H groups in total. The van der Waals surface area contributed by atoms with E-state index in [1.807, 2.05) is 0 Å². The maximum atomic E-state index is 5.26. The molecule has 2 saturated carbocycles. The van der Waals surface area contributed by atoms with E-state index in [0.29, 0.717) is 5.92 Å². The van der Waals surface area contributed by atoms with E-state index in [2.05, 4.69) is 14.8 Å². The van der Waals surface area contributed by atoms with Crippen LogP contribution in [0.3, 0.4) is 0 Å². The zero-order chi connectivity index (χ0) is 10.3. The summed E-state index contributed by atoms with van der Waals surface area (Å²) >= 11 is 5.26. The third-order valence-corrected chi connectivity index (χ3v) is 3.73. The summed E-state index contributed by atoms with van der Waals surface area (Å²) in [4.78, 5) is 0. The molecular formula is C11H17N3S. The summed E-state index contributed by atoms with van der Waals surface area (Å²) in [6.45, 7) is 1.07. The summed E-state index contributed by atoms with van der Waals surface area (Å²) in [6.07, 6.45) is 8.12. The molecule has 3 rings (SSSR count). The van der Waals surface area contributed by atoms with Crippen molar-refractivity contribution in [2.24, 2.45) is 5.92 Å². The number of H-pyrrole nitrogens is 1. The second-order valence-corrected chi connectivity index (χ2v) is 5.29. The lowest BCUT2D eigenvalue weighted by Crippen LogP contribution is -2.03. The van der Waals surface area contributed by atoms with Gasteiger partial charge >= 0.3 is 0 Å². The Morgan fingerprint density at radius 2 is 2.13 bits per heavy atom. The van der Waals surface area contributed by atoms with Crippen molar-refractivity contribution in [3.8, 4) is 0 Å². The van der Waals surface area contributed by atoms with Gasteiger partial charge in [0.1, 0.15) is 5.82 Å². The molecule has 2 aliphatic carbocycles. The first kappa shape index (κ1) is 9.58. The molecule has 0 aliphatic heterocycles. The molecule has 3 nitrogen and oxygen atoms in total. The van der Waals surface area contributed by atoms with Crippen LogP contribution in [-0.4, -0.2) is 14.8 Å². The highest BCUT2D eigenvalue weighted by molar-refractivity contribution is 7.71. The van der Waals surface area contributed by atoms with Crippen LogP contribution in [0, 0.1) is 10.7 Å². The molecule has 0 aromatic carbocycles. The lowest BCUT2D eigenvalue weighted by atomic mass is 10.2. The SMILES string of the molecule is S=c1[nH]nc(C2CC2)n1CCCC1CC1. The van der Waals surface area contributed by atoms with Crippen molar-refractivity contribution in [1.82, 2.24) is 14.8 Å². The Bertz CT molecular complexity index is 398. The van der Waals surface area contributed by atoms with Crippen LogP contribution in [-0.2, 0) is 6.54 Å². The number of aromatic nitrogens is 3. The molecule has 0 spiro atoms.